The summed E-state index contributed by atoms with van der Waals surface area (Å²) in [5, 5.41) is 15.9. The van der Waals surface area contributed by atoms with Crippen molar-refractivity contribution in [2.75, 3.05) is 18.4 Å². The molecule has 1 heterocycles. The zero-order valence-electron chi connectivity index (χ0n) is 9.07. The van der Waals surface area contributed by atoms with E-state index in [4.69, 9.17) is 11.6 Å². The molecule has 0 saturated heterocycles. The number of hydrogen-bond donors (Lipinski definition) is 2. The average Bonchev–Trinajstić information content (AvgIpc) is 2.26. The average molecular weight is 259 g/mol. The van der Waals surface area contributed by atoms with Crippen molar-refractivity contribution in [3.63, 3.8) is 0 Å². The summed E-state index contributed by atoms with van der Waals surface area (Å²) >= 11 is 5.62. The van der Waals surface area contributed by atoms with Crippen molar-refractivity contribution in [3.05, 3.63) is 27.4 Å². The molecule has 0 aliphatic carbocycles. The first kappa shape index (κ1) is 13.2. The molecular formula is C9H11ClN4O3. The van der Waals surface area contributed by atoms with Crippen molar-refractivity contribution in [1.29, 1.82) is 0 Å². The maximum Gasteiger partial charge on any atom is 0.311 e. The summed E-state index contributed by atoms with van der Waals surface area (Å²) in [7, 11) is 0. The van der Waals surface area contributed by atoms with Crippen LogP contribution in [0.25, 0.3) is 0 Å². The Morgan fingerprint density at radius 1 is 1.59 bits per heavy atom. The van der Waals surface area contributed by atoms with Crippen molar-refractivity contribution < 1.29 is 9.72 Å². The molecule has 7 nitrogen and oxygen atoms in total. The largest absolute Gasteiger partial charge is 0.355 e. The number of carbonyl (C=O) groups excluding carboxylic acids is 1. The number of hydrogen-bond acceptors (Lipinski definition) is 5. The third kappa shape index (κ3) is 3.87. The summed E-state index contributed by atoms with van der Waals surface area (Å²) in [6.07, 6.45) is 0. The molecule has 1 aromatic heterocycles. The summed E-state index contributed by atoms with van der Waals surface area (Å²) in [5.41, 5.74) is -0.223. The molecule has 17 heavy (non-hydrogen) atoms. The van der Waals surface area contributed by atoms with Gasteiger partial charge in [-0.15, -0.1) is 0 Å². The second-order valence-electron chi connectivity index (χ2n) is 3.07. The van der Waals surface area contributed by atoms with Gasteiger partial charge in [0.05, 0.1) is 11.5 Å². The lowest BCUT2D eigenvalue weighted by molar-refractivity contribution is -0.384. The first-order chi connectivity index (χ1) is 8.04. The van der Waals surface area contributed by atoms with Gasteiger partial charge in [0.2, 0.25) is 11.7 Å². The van der Waals surface area contributed by atoms with Gasteiger partial charge in [0.1, 0.15) is 5.15 Å². The summed E-state index contributed by atoms with van der Waals surface area (Å²) in [6.45, 7) is 2.17. The summed E-state index contributed by atoms with van der Waals surface area (Å²) < 4.78 is 0. The van der Waals surface area contributed by atoms with Crippen LogP contribution < -0.4 is 10.6 Å². The number of anilines is 1. The minimum absolute atomic E-state index is 0.0197. The molecule has 0 atom stereocenters. The fourth-order valence-corrected chi connectivity index (χ4v) is 1.28. The Morgan fingerprint density at radius 2 is 2.29 bits per heavy atom. The smallest absolute Gasteiger partial charge is 0.311 e. The van der Waals surface area contributed by atoms with Gasteiger partial charge in [0, 0.05) is 12.6 Å². The molecule has 0 aliphatic heterocycles. The molecule has 0 spiro atoms. The van der Waals surface area contributed by atoms with E-state index in [1.807, 2.05) is 0 Å². The van der Waals surface area contributed by atoms with E-state index in [1.54, 1.807) is 6.92 Å². The highest BCUT2D eigenvalue weighted by molar-refractivity contribution is 6.29. The van der Waals surface area contributed by atoms with Crippen molar-refractivity contribution in [2.45, 2.75) is 6.92 Å². The van der Waals surface area contributed by atoms with Crippen molar-refractivity contribution in [2.24, 2.45) is 0 Å². The fraction of sp³-hybridized carbons (Fsp3) is 0.333. The standard InChI is InChI=1S/C9H11ClN4O3/c1-2-11-8(15)5-12-9-6(14(16)17)3-4-7(10)13-9/h3-4H,2,5H2,1H3,(H,11,15)(H,12,13). The van der Waals surface area contributed by atoms with Crippen LogP contribution in [0.15, 0.2) is 12.1 Å². The van der Waals surface area contributed by atoms with Crippen LogP contribution in [0, 0.1) is 10.1 Å². The predicted octanol–water partition coefficient (Wildman–Crippen LogP) is 1.19. The highest BCUT2D eigenvalue weighted by Gasteiger charge is 2.16. The molecule has 8 heteroatoms. The number of rotatable bonds is 5. The maximum atomic E-state index is 11.2. The molecular weight excluding hydrogens is 248 g/mol. The number of nitrogens with one attached hydrogen (secondary N) is 2. The first-order valence-corrected chi connectivity index (χ1v) is 5.24. The molecule has 1 rings (SSSR count). The SMILES string of the molecule is CCNC(=O)CNc1nc(Cl)ccc1[N+](=O)[O-]. The maximum absolute atomic E-state index is 11.2. The number of nitro groups is 1. The molecule has 0 bridgehead atoms. The number of carbonyl (C=O) groups is 1. The van der Waals surface area contributed by atoms with Gasteiger partial charge in [-0.25, -0.2) is 4.98 Å². The number of pyridine rings is 1. The third-order valence-electron chi connectivity index (χ3n) is 1.83. The van der Waals surface area contributed by atoms with Gasteiger partial charge in [0.15, 0.2) is 0 Å². The van der Waals surface area contributed by atoms with Gasteiger partial charge in [-0.1, -0.05) is 11.6 Å². The minimum Gasteiger partial charge on any atom is -0.355 e. The minimum atomic E-state index is -0.594. The van der Waals surface area contributed by atoms with Crippen LogP contribution >= 0.6 is 11.6 Å². The molecule has 0 radical (unpaired) electrons. The Hall–Kier alpha value is -1.89. The zero-order chi connectivity index (χ0) is 12.8. The van der Waals surface area contributed by atoms with Crippen LogP contribution in [0.4, 0.5) is 11.5 Å². The second kappa shape index (κ2) is 6.00. The van der Waals surface area contributed by atoms with Gasteiger partial charge in [-0.3, -0.25) is 14.9 Å². The second-order valence-corrected chi connectivity index (χ2v) is 3.45. The Balaban J connectivity index is 2.78. The lowest BCUT2D eigenvalue weighted by Gasteiger charge is -2.06. The van der Waals surface area contributed by atoms with Crippen molar-refractivity contribution >= 4 is 29.0 Å². The molecule has 2 N–H and O–H groups in total. The van der Waals surface area contributed by atoms with Crippen LogP contribution in [0.1, 0.15) is 6.92 Å². The molecule has 0 fully saturated rings. The molecule has 0 saturated carbocycles. The third-order valence-corrected chi connectivity index (χ3v) is 2.04. The van der Waals surface area contributed by atoms with Gasteiger partial charge >= 0.3 is 5.69 Å². The van der Waals surface area contributed by atoms with E-state index in [0.717, 1.165) is 0 Å². The number of nitrogens with zero attached hydrogens (tertiary/aromatic N) is 2. The quantitative estimate of drug-likeness (QED) is 0.470. The van der Waals surface area contributed by atoms with Gasteiger partial charge in [-0.2, -0.15) is 0 Å². The zero-order valence-corrected chi connectivity index (χ0v) is 9.82. The van der Waals surface area contributed by atoms with Crippen LogP contribution in [-0.4, -0.2) is 28.9 Å². The van der Waals surface area contributed by atoms with Crippen molar-refractivity contribution in [1.82, 2.24) is 10.3 Å². The van der Waals surface area contributed by atoms with Crippen LogP contribution in [0.3, 0.4) is 0 Å². The lowest BCUT2D eigenvalue weighted by atomic mass is 10.4. The number of halogens is 1. The van der Waals surface area contributed by atoms with Gasteiger partial charge in [-0.05, 0) is 13.0 Å². The molecule has 1 aromatic rings. The summed E-state index contributed by atoms with van der Waals surface area (Å²) in [4.78, 5) is 25.0. The fourth-order valence-electron chi connectivity index (χ4n) is 1.13. The van der Waals surface area contributed by atoms with Crippen molar-refractivity contribution in [3.8, 4) is 0 Å². The predicted molar refractivity (Wildman–Crippen MR) is 63.1 cm³/mol. The van der Waals surface area contributed by atoms with E-state index in [2.05, 4.69) is 15.6 Å². The molecule has 1 amide bonds. The Bertz CT molecular complexity index is 438. The monoisotopic (exact) mass is 258 g/mol. The van der Waals surface area contributed by atoms with E-state index in [1.165, 1.54) is 12.1 Å². The highest BCUT2D eigenvalue weighted by atomic mass is 35.5. The Labute approximate surface area is 102 Å². The number of likely N-dealkylation sites (N-methyl/N-ethyl adjacent to an activating group) is 1. The van der Waals surface area contributed by atoms with Crippen LogP contribution in [-0.2, 0) is 4.79 Å². The van der Waals surface area contributed by atoms with Gasteiger partial charge < -0.3 is 10.6 Å². The number of aromatic nitrogens is 1. The van der Waals surface area contributed by atoms with E-state index in [0.29, 0.717) is 6.54 Å². The highest BCUT2D eigenvalue weighted by Crippen LogP contribution is 2.23. The van der Waals surface area contributed by atoms with E-state index in [9.17, 15) is 14.9 Å². The van der Waals surface area contributed by atoms with Gasteiger partial charge in [0.25, 0.3) is 0 Å². The van der Waals surface area contributed by atoms with E-state index >= 15 is 0 Å². The number of amides is 1. The normalized spacial score (nSPS) is 9.76. The Morgan fingerprint density at radius 3 is 2.88 bits per heavy atom. The lowest BCUT2D eigenvalue weighted by Crippen LogP contribution is -2.29. The molecule has 0 aliphatic rings. The van der Waals surface area contributed by atoms with Crippen LogP contribution in [0.2, 0.25) is 5.15 Å². The van der Waals surface area contributed by atoms with Crippen LogP contribution in [0.5, 0.6) is 0 Å². The summed E-state index contributed by atoms with van der Waals surface area (Å²) in [6, 6.07) is 2.55. The topological polar surface area (TPSA) is 97.2 Å². The summed E-state index contributed by atoms with van der Waals surface area (Å²) in [5.74, 6) is -0.294. The van der Waals surface area contributed by atoms with E-state index < -0.39 is 4.92 Å². The van der Waals surface area contributed by atoms with E-state index in [-0.39, 0.29) is 29.1 Å². The molecule has 0 unspecified atom stereocenters. The first-order valence-electron chi connectivity index (χ1n) is 4.86. The Kier molecular flexibility index (Phi) is 4.65. The molecule has 0 aromatic carbocycles. The molecule has 92 valence electrons.